The number of carbonyl (C=O) groups is 1. The zero-order chi connectivity index (χ0) is 9.84. The molecule has 0 spiro atoms. The zero-order valence-electron chi connectivity index (χ0n) is 7.95. The van der Waals surface area contributed by atoms with Crippen molar-refractivity contribution in [2.45, 2.75) is 44.8 Å². The van der Waals surface area contributed by atoms with Crippen LogP contribution in [0.25, 0.3) is 0 Å². The van der Waals surface area contributed by atoms with E-state index in [9.17, 15) is 4.79 Å². The van der Waals surface area contributed by atoms with E-state index in [4.69, 9.17) is 9.84 Å². The lowest BCUT2D eigenvalue weighted by Crippen LogP contribution is -2.00. The van der Waals surface area contributed by atoms with Gasteiger partial charge in [-0.1, -0.05) is 19.4 Å². The minimum absolute atomic E-state index is 0.176. The first-order valence-electron chi connectivity index (χ1n) is 4.65. The van der Waals surface area contributed by atoms with Crippen LogP contribution < -0.4 is 0 Å². The quantitative estimate of drug-likeness (QED) is 0.500. The first kappa shape index (κ1) is 10.3. The Kier molecular flexibility index (Phi) is 3.48. The Morgan fingerprint density at radius 2 is 1.77 bits per heavy atom. The van der Waals surface area contributed by atoms with Gasteiger partial charge in [0.15, 0.2) is 0 Å². The predicted octanol–water partition coefficient (Wildman–Crippen LogP) is 1.97. The Hall–Kier alpha value is -0.830. The van der Waals surface area contributed by atoms with Gasteiger partial charge in [0.25, 0.3) is 0 Å². The minimum Gasteiger partial charge on any atom is -0.478 e. The maximum atomic E-state index is 9.60. The molecule has 1 aliphatic carbocycles. The van der Waals surface area contributed by atoms with Crippen molar-refractivity contribution in [3.63, 3.8) is 0 Å². The van der Waals surface area contributed by atoms with E-state index in [-0.39, 0.29) is 5.57 Å². The molecule has 1 N–H and O–H groups in total. The second-order valence-corrected chi connectivity index (χ2v) is 3.58. The van der Waals surface area contributed by atoms with Crippen LogP contribution in [0, 0.1) is 0 Å². The van der Waals surface area contributed by atoms with Crippen molar-refractivity contribution in [3.8, 4) is 0 Å². The van der Waals surface area contributed by atoms with E-state index in [0.29, 0.717) is 12.2 Å². The van der Waals surface area contributed by atoms with Crippen molar-refractivity contribution in [3.05, 3.63) is 12.2 Å². The number of epoxide rings is 1. The van der Waals surface area contributed by atoms with Crippen LogP contribution in [-0.2, 0) is 9.53 Å². The Balaban J connectivity index is 0.000000133. The van der Waals surface area contributed by atoms with Gasteiger partial charge in [-0.3, -0.25) is 0 Å². The van der Waals surface area contributed by atoms with Gasteiger partial charge < -0.3 is 9.84 Å². The highest BCUT2D eigenvalue weighted by Gasteiger charge is 2.39. The molecule has 3 heteroatoms. The van der Waals surface area contributed by atoms with Gasteiger partial charge in [0.2, 0.25) is 0 Å². The number of hydrogen-bond acceptors (Lipinski definition) is 2. The van der Waals surface area contributed by atoms with E-state index in [1.165, 1.54) is 32.6 Å². The third-order valence-electron chi connectivity index (χ3n) is 2.28. The lowest BCUT2D eigenvalue weighted by atomic mass is 10.0. The van der Waals surface area contributed by atoms with Crippen LogP contribution in [0.4, 0.5) is 0 Å². The molecule has 74 valence electrons. The number of fused-ring (bicyclic) bond motifs is 1. The molecule has 0 aromatic rings. The van der Waals surface area contributed by atoms with Crippen molar-refractivity contribution in [2.75, 3.05) is 0 Å². The second-order valence-electron chi connectivity index (χ2n) is 3.58. The molecule has 1 aliphatic heterocycles. The molecule has 2 aliphatic rings. The van der Waals surface area contributed by atoms with Crippen LogP contribution in [0.5, 0.6) is 0 Å². The molecule has 0 aromatic heterocycles. The van der Waals surface area contributed by atoms with Crippen LogP contribution in [0.1, 0.15) is 32.6 Å². The molecule has 0 bridgehead atoms. The van der Waals surface area contributed by atoms with Crippen molar-refractivity contribution >= 4 is 5.97 Å². The highest BCUT2D eigenvalue weighted by Crippen LogP contribution is 2.35. The molecule has 1 saturated heterocycles. The third-order valence-corrected chi connectivity index (χ3v) is 2.28. The molecular formula is C10H16O3. The molecule has 2 fully saturated rings. The van der Waals surface area contributed by atoms with Crippen LogP contribution in [0.15, 0.2) is 12.2 Å². The molecule has 0 radical (unpaired) electrons. The van der Waals surface area contributed by atoms with Gasteiger partial charge in [0.05, 0.1) is 12.2 Å². The van der Waals surface area contributed by atoms with Gasteiger partial charge in [0, 0.05) is 5.57 Å². The monoisotopic (exact) mass is 184 g/mol. The van der Waals surface area contributed by atoms with Crippen molar-refractivity contribution < 1.29 is 14.6 Å². The van der Waals surface area contributed by atoms with Crippen LogP contribution in [0.2, 0.25) is 0 Å². The summed E-state index contributed by atoms with van der Waals surface area (Å²) in [5, 5.41) is 7.89. The number of hydrogen-bond donors (Lipinski definition) is 1. The van der Waals surface area contributed by atoms with E-state index in [2.05, 4.69) is 6.58 Å². The lowest BCUT2D eigenvalue weighted by Gasteiger charge is -2.00. The average Bonchev–Trinajstić information content (AvgIpc) is 2.83. The summed E-state index contributed by atoms with van der Waals surface area (Å²) in [6, 6.07) is 0. The first-order chi connectivity index (χ1) is 6.11. The van der Waals surface area contributed by atoms with Gasteiger partial charge in [-0.2, -0.15) is 0 Å². The maximum absolute atomic E-state index is 9.60. The number of rotatable bonds is 1. The number of ether oxygens (including phenoxy) is 1. The summed E-state index contributed by atoms with van der Waals surface area (Å²) < 4.78 is 5.28. The van der Waals surface area contributed by atoms with E-state index in [1.54, 1.807) is 0 Å². The fourth-order valence-electron chi connectivity index (χ4n) is 1.38. The summed E-state index contributed by atoms with van der Waals surface area (Å²) in [5.74, 6) is -0.935. The summed E-state index contributed by atoms with van der Waals surface area (Å²) >= 11 is 0. The smallest absolute Gasteiger partial charge is 0.330 e. The van der Waals surface area contributed by atoms with Crippen molar-refractivity contribution in [1.29, 1.82) is 0 Å². The molecule has 3 nitrogen and oxygen atoms in total. The third kappa shape index (κ3) is 3.59. The molecule has 0 aromatic carbocycles. The summed E-state index contributed by atoms with van der Waals surface area (Å²) in [6.07, 6.45) is 6.89. The normalized spacial score (nSPS) is 29.3. The van der Waals surface area contributed by atoms with E-state index >= 15 is 0 Å². The number of aliphatic carboxylic acids is 1. The summed E-state index contributed by atoms with van der Waals surface area (Å²) in [7, 11) is 0. The largest absolute Gasteiger partial charge is 0.478 e. The molecule has 0 amide bonds. The fourth-order valence-corrected chi connectivity index (χ4v) is 1.38. The minimum atomic E-state index is -0.935. The predicted molar refractivity (Wildman–Crippen MR) is 49.6 cm³/mol. The van der Waals surface area contributed by atoms with E-state index in [0.717, 1.165) is 0 Å². The summed E-state index contributed by atoms with van der Waals surface area (Å²) in [5.41, 5.74) is 0.176. The standard InChI is InChI=1S/C6H10O.C4H6O2/c1-2-4-6-5(3-1)7-6;1-3(2)4(5)6/h5-6H,1-4H2;1H2,2H3,(H,5,6). The van der Waals surface area contributed by atoms with E-state index < -0.39 is 5.97 Å². The molecule has 2 unspecified atom stereocenters. The van der Waals surface area contributed by atoms with Crippen LogP contribution in [-0.4, -0.2) is 23.3 Å². The Morgan fingerprint density at radius 3 is 2.00 bits per heavy atom. The number of carboxylic acids is 1. The van der Waals surface area contributed by atoms with Crippen LogP contribution in [0.3, 0.4) is 0 Å². The highest BCUT2D eigenvalue weighted by atomic mass is 16.6. The van der Waals surface area contributed by atoms with Gasteiger partial charge in [0.1, 0.15) is 0 Å². The zero-order valence-corrected chi connectivity index (χ0v) is 7.95. The fraction of sp³-hybridized carbons (Fsp3) is 0.700. The molecule has 13 heavy (non-hydrogen) atoms. The summed E-state index contributed by atoms with van der Waals surface area (Å²) in [4.78, 5) is 9.60. The maximum Gasteiger partial charge on any atom is 0.330 e. The van der Waals surface area contributed by atoms with Gasteiger partial charge in [-0.15, -0.1) is 0 Å². The second kappa shape index (κ2) is 4.42. The Labute approximate surface area is 78.4 Å². The van der Waals surface area contributed by atoms with E-state index in [1.807, 2.05) is 0 Å². The highest BCUT2D eigenvalue weighted by molar-refractivity contribution is 5.84. The van der Waals surface area contributed by atoms with Gasteiger partial charge in [-0.25, -0.2) is 4.79 Å². The Morgan fingerprint density at radius 1 is 1.38 bits per heavy atom. The lowest BCUT2D eigenvalue weighted by molar-refractivity contribution is -0.132. The summed E-state index contributed by atoms with van der Waals surface area (Å²) in [6.45, 7) is 4.60. The van der Waals surface area contributed by atoms with Crippen molar-refractivity contribution in [2.24, 2.45) is 0 Å². The molecule has 2 atom stereocenters. The van der Waals surface area contributed by atoms with Crippen LogP contribution >= 0.6 is 0 Å². The van der Waals surface area contributed by atoms with Gasteiger partial charge in [-0.05, 0) is 19.8 Å². The van der Waals surface area contributed by atoms with Crippen molar-refractivity contribution in [1.82, 2.24) is 0 Å². The molecular weight excluding hydrogens is 168 g/mol. The molecule has 1 heterocycles. The Bertz CT molecular complexity index is 188. The molecule has 1 saturated carbocycles. The SMILES string of the molecule is C1CCC2OC2C1.C=C(C)C(=O)O. The average molecular weight is 184 g/mol. The van der Waals surface area contributed by atoms with Gasteiger partial charge >= 0.3 is 5.97 Å². The molecule has 2 rings (SSSR count). The number of carboxylic acid groups (broad SMARTS) is 1. The first-order valence-corrected chi connectivity index (χ1v) is 4.65. The topological polar surface area (TPSA) is 49.8 Å².